The number of rotatable bonds is 5. The Hall–Kier alpha value is -1.91. The first kappa shape index (κ1) is 16.0. The van der Waals surface area contributed by atoms with E-state index in [0.29, 0.717) is 17.0 Å². The molecule has 3 rings (SSSR count). The van der Waals surface area contributed by atoms with E-state index in [-0.39, 0.29) is 5.78 Å². The van der Waals surface area contributed by atoms with Crippen molar-refractivity contribution < 1.29 is 4.79 Å². The molecule has 4 nitrogen and oxygen atoms in total. The maximum absolute atomic E-state index is 12.2. The van der Waals surface area contributed by atoms with Crippen molar-refractivity contribution in [3.63, 3.8) is 0 Å². The fourth-order valence-corrected chi connectivity index (χ4v) is 3.00. The maximum Gasteiger partial charge on any atom is 0.164 e. The predicted octanol–water partition coefficient (Wildman–Crippen LogP) is 3.13. The Bertz CT molecular complexity index is 654. The monoisotopic (exact) mass is 329 g/mol. The van der Waals surface area contributed by atoms with Crippen molar-refractivity contribution in [2.75, 3.05) is 37.6 Å². The second-order valence-electron chi connectivity index (χ2n) is 5.70. The second-order valence-corrected chi connectivity index (χ2v) is 6.14. The molecule has 23 heavy (non-hydrogen) atoms. The highest BCUT2D eigenvalue weighted by Gasteiger charge is 2.18. The molecule has 0 N–H and O–H groups in total. The molecule has 2 heterocycles. The largest absolute Gasteiger partial charge is 0.354 e. The highest BCUT2D eigenvalue weighted by molar-refractivity contribution is 6.31. The molecular weight excluding hydrogens is 310 g/mol. The van der Waals surface area contributed by atoms with Gasteiger partial charge in [0.2, 0.25) is 0 Å². The smallest absolute Gasteiger partial charge is 0.164 e. The minimum absolute atomic E-state index is 0.152. The molecular formula is C18H20ClN3O. The molecule has 0 unspecified atom stereocenters. The van der Waals surface area contributed by atoms with E-state index in [2.05, 4.69) is 14.8 Å². The van der Waals surface area contributed by atoms with E-state index >= 15 is 0 Å². The van der Waals surface area contributed by atoms with Crippen molar-refractivity contribution >= 4 is 23.2 Å². The van der Waals surface area contributed by atoms with Crippen LogP contribution in [0.4, 0.5) is 5.82 Å². The lowest BCUT2D eigenvalue weighted by Gasteiger charge is -2.35. The molecule has 0 bridgehead atoms. The summed E-state index contributed by atoms with van der Waals surface area (Å²) >= 11 is 5.94. The van der Waals surface area contributed by atoms with Gasteiger partial charge in [0.25, 0.3) is 0 Å². The second kappa shape index (κ2) is 7.57. The first-order valence-corrected chi connectivity index (χ1v) is 8.27. The number of hydrogen-bond donors (Lipinski definition) is 0. The fraction of sp³-hybridized carbons (Fsp3) is 0.333. The predicted molar refractivity (Wildman–Crippen MR) is 93.3 cm³/mol. The van der Waals surface area contributed by atoms with Gasteiger partial charge in [-0.15, -0.1) is 0 Å². The Morgan fingerprint density at radius 2 is 1.91 bits per heavy atom. The summed E-state index contributed by atoms with van der Waals surface area (Å²) in [5.41, 5.74) is 0.699. The lowest BCUT2D eigenvalue weighted by Crippen LogP contribution is -2.47. The van der Waals surface area contributed by atoms with E-state index in [1.807, 2.05) is 36.5 Å². The first-order chi connectivity index (χ1) is 11.2. The molecule has 1 aliphatic rings. The van der Waals surface area contributed by atoms with Crippen molar-refractivity contribution in [3.05, 3.63) is 59.2 Å². The van der Waals surface area contributed by atoms with Crippen molar-refractivity contribution in [2.24, 2.45) is 0 Å². The summed E-state index contributed by atoms with van der Waals surface area (Å²) in [7, 11) is 0. The standard InChI is InChI=1S/C18H20ClN3O/c19-16-5-3-4-15(14-16)17(23)7-9-21-10-12-22(13-11-21)18-6-1-2-8-20-18/h1-6,8,14H,7,9-13H2. The molecule has 1 aromatic carbocycles. The zero-order valence-electron chi connectivity index (χ0n) is 13.0. The summed E-state index contributed by atoms with van der Waals surface area (Å²) in [6.45, 7) is 4.60. The third kappa shape index (κ3) is 4.30. The van der Waals surface area contributed by atoms with Crippen LogP contribution >= 0.6 is 11.6 Å². The number of nitrogens with zero attached hydrogens (tertiary/aromatic N) is 3. The highest BCUT2D eigenvalue weighted by Crippen LogP contribution is 2.15. The normalized spacial score (nSPS) is 15.6. The van der Waals surface area contributed by atoms with Crippen molar-refractivity contribution in [3.8, 4) is 0 Å². The number of Topliss-reactive ketones (excluding diaryl/α,β-unsaturated/α-hetero) is 1. The summed E-state index contributed by atoms with van der Waals surface area (Å²) in [4.78, 5) is 21.2. The van der Waals surface area contributed by atoms with Crippen LogP contribution in [0.5, 0.6) is 0 Å². The van der Waals surface area contributed by atoms with Gasteiger partial charge in [0.15, 0.2) is 5.78 Å². The van der Waals surface area contributed by atoms with Crippen molar-refractivity contribution in [2.45, 2.75) is 6.42 Å². The van der Waals surface area contributed by atoms with Crippen LogP contribution in [0.1, 0.15) is 16.8 Å². The molecule has 120 valence electrons. The molecule has 0 radical (unpaired) electrons. The molecule has 1 saturated heterocycles. The zero-order valence-corrected chi connectivity index (χ0v) is 13.7. The molecule has 5 heteroatoms. The van der Waals surface area contributed by atoms with E-state index in [1.165, 1.54) is 0 Å². The van der Waals surface area contributed by atoms with Gasteiger partial charge in [0, 0.05) is 55.9 Å². The molecule has 1 aliphatic heterocycles. The Kier molecular flexibility index (Phi) is 5.26. The average molecular weight is 330 g/mol. The van der Waals surface area contributed by atoms with Crippen LogP contribution in [0.3, 0.4) is 0 Å². The Morgan fingerprint density at radius 3 is 2.61 bits per heavy atom. The van der Waals surface area contributed by atoms with Gasteiger partial charge in [-0.1, -0.05) is 29.8 Å². The molecule has 0 spiro atoms. The van der Waals surface area contributed by atoms with Gasteiger partial charge < -0.3 is 4.90 Å². The topological polar surface area (TPSA) is 36.4 Å². The molecule has 1 fully saturated rings. The lowest BCUT2D eigenvalue weighted by molar-refractivity contribution is 0.0962. The number of carbonyl (C=O) groups excluding carboxylic acids is 1. The van der Waals surface area contributed by atoms with E-state index in [0.717, 1.165) is 38.5 Å². The lowest BCUT2D eigenvalue weighted by atomic mass is 10.1. The van der Waals surface area contributed by atoms with Crippen LogP contribution in [-0.4, -0.2) is 48.4 Å². The molecule has 2 aromatic rings. The molecule has 0 atom stereocenters. The first-order valence-electron chi connectivity index (χ1n) is 7.89. The van der Waals surface area contributed by atoms with Crippen LogP contribution in [0.25, 0.3) is 0 Å². The van der Waals surface area contributed by atoms with Gasteiger partial charge in [-0.25, -0.2) is 4.98 Å². The number of benzene rings is 1. The molecule has 0 aliphatic carbocycles. The van der Waals surface area contributed by atoms with Gasteiger partial charge in [0.1, 0.15) is 5.82 Å². The fourth-order valence-electron chi connectivity index (χ4n) is 2.81. The Labute approximate surface area is 141 Å². The van der Waals surface area contributed by atoms with Crippen LogP contribution in [-0.2, 0) is 0 Å². The van der Waals surface area contributed by atoms with Gasteiger partial charge in [-0.2, -0.15) is 0 Å². The number of ketones is 1. The number of aromatic nitrogens is 1. The number of pyridine rings is 1. The maximum atomic E-state index is 12.2. The molecule has 0 saturated carbocycles. The van der Waals surface area contributed by atoms with Crippen molar-refractivity contribution in [1.82, 2.24) is 9.88 Å². The number of halogens is 1. The van der Waals surface area contributed by atoms with Gasteiger partial charge >= 0.3 is 0 Å². The van der Waals surface area contributed by atoms with Gasteiger partial charge in [0.05, 0.1) is 0 Å². The third-order valence-corrected chi connectivity index (χ3v) is 4.38. The van der Waals surface area contributed by atoms with E-state index in [9.17, 15) is 4.79 Å². The number of piperazine rings is 1. The molecule has 1 aromatic heterocycles. The number of hydrogen-bond acceptors (Lipinski definition) is 4. The van der Waals surface area contributed by atoms with Gasteiger partial charge in [-0.3, -0.25) is 9.69 Å². The van der Waals surface area contributed by atoms with Gasteiger partial charge in [-0.05, 0) is 24.3 Å². The van der Waals surface area contributed by atoms with E-state index in [1.54, 1.807) is 12.1 Å². The summed E-state index contributed by atoms with van der Waals surface area (Å²) in [6.07, 6.45) is 2.36. The average Bonchev–Trinajstić information content (AvgIpc) is 2.61. The highest BCUT2D eigenvalue weighted by atomic mass is 35.5. The molecule has 0 amide bonds. The summed E-state index contributed by atoms with van der Waals surface area (Å²) in [5, 5.41) is 0.611. The number of carbonyl (C=O) groups is 1. The van der Waals surface area contributed by atoms with Crippen molar-refractivity contribution in [1.29, 1.82) is 0 Å². The minimum atomic E-state index is 0.152. The Balaban J connectivity index is 1.47. The summed E-state index contributed by atoms with van der Waals surface area (Å²) < 4.78 is 0. The quantitative estimate of drug-likeness (QED) is 0.790. The summed E-state index contributed by atoms with van der Waals surface area (Å²) in [6, 6.07) is 13.2. The number of anilines is 1. The van der Waals surface area contributed by atoms with E-state index < -0.39 is 0 Å². The van der Waals surface area contributed by atoms with Crippen LogP contribution in [0, 0.1) is 0 Å². The van der Waals surface area contributed by atoms with Crippen LogP contribution in [0.15, 0.2) is 48.7 Å². The van der Waals surface area contributed by atoms with Crippen LogP contribution in [0.2, 0.25) is 5.02 Å². The SMILES string of the molecule is O=C(CCN1CCN(c2ccccn2)CC1)c1cccc(Cl)c1. The van der Waals surface area contributed by atoms with Crippen LogP contribution < -0.4 is 4.90 Å². The minimum Gasteiger partial charge on any atom is -0.354 e. The zero-order chi connectivity index (χ0) is 16.1. The summed E-state index contributed by atoms with van der Waals surface area (Å²) in [5.74, 6) is 1.18. The third-order valence-electron chi connectivity index (χ3n) is 4.15. The Morgan fingerprint density at radius 1 is 1.09 bits per heavy atom. The van der Waals surface area contributed by atoms with E-state index in [4.69, 9.17) is 11.6 Å².